The number of fused-ring (bicyclic) bond motifs is 1. The van der Waals surface area contributed by atoms with Gasteiger partial charge in [-0.3, -0.25) is 9.89 Å². The van der Waals surface area contributed by atoms with Crippen LogP contribution >= 0.6 is 0 Å². The van der Waals surface area contributed by atoms with Crippen molar-refractivity contribution < 1.29 is 23.7 Å². The van der Waals surface area contributed by atoms with Crippen LogP contribution in [-0.4, -0.2) is 44.4 Å². The second-order valence-corrected chi connectivity index (χ2v) is 5.63. The van der Waals surface area contributed by atoms with Gasteiger partial charge in [-0.25, -0.2) is 0 Å². The number of benzene rings is 2. The Morgan fingerprint density at radius 2 is 1.54 bits per heavy atom. The number of nitrogens with zero attached hydrogens (tertiary/aromatic N) is 1. The fraction of sp³-hybridized carbons (Fsp3) is 0.263. The van der Waals surface area contributed by atoms with Gasteiger partial charge in [-0.2, -0.15) is 5.10 Å². The number of aromatic nitrogens is 2. The molecule has 2 aromatic carbocycles. The van der Waals surface area contributed by atoms with Crippen molar-refractivity contribution in [3.63, 3.8) is 0 Å². The number of aromatic amines is 1. The maximum atomic E-state index is 13.1. The summed E-state index contributed by atoms with van der Waals surface area (Å²) < 4.78 is 21.3. The summed E-state index contributed by atoms with van der Waals surface area (Å²) in [6.07, 6.45) is 0. The lowest BCUT2D eigenvalue weighted by Gasteiger charge is -2.13. The molecule has 0 saturated heterocycles. The molecule has 0 amide bonds. The first-order valence-electron chi connectivity index (χ1n) is 7.92. The van der Waals surface area contributed by atoms with Gasteiger partial charge in [0.2, 0.25) is 11.5 Å². The molecule has 0 radical (unpaired) electrons. The van der Waals surface area contributed by atoms with Crippen molar-refractivity contribution in [2.45, 2.75) is 6.92 Å². The van der Waals surface area contributed by atoms with Crippen molar-refractivity contribution >= 4 is 16.7 Å². The third kappa shape index (κ3) is 2.71. The smallest absolute Gasteiger partial charge is 0.214 e. The van der Waals surface area contributed by atoms with E-state index in [0.29, 0.717) is 28.5 Å². The molecule has 0 atom stereocenters. The number of methoxy groups -OCH3 is 4. The zero-order valence-corrected chi connectivity index (χ0v) is 15.3. The van der Waals surface area contributed by atoms with Crippen LogP contribution in [0.3, 0.4) is 0 Å². The molecule has 7 nitrogen and oxygen atoms in total. The highest BCUT2D eigenvalue weighted by molar-refractivity contribution is 6.15. The first-order chi connectivity index (χ1) is 12.5. The summed E-state index contributed by atoms with van der Waals surface area (Å²) in [5, 5.41) is 7.87. The molecular formula is C19H20N2O5. The van der Waals surface area contributed by atoms with Crippen LogP contribution in [0.1, 0.15) is 21.6 Å². The molecule has 0 unspecified atom stereocenters. The number of hydrogen-bond acceptors (Lipinski definition) is 6. The van der Waals surface area contributed by atoms with Gasteiger partial charge < -0.3 is 18.9 Å². The third-order valence-corrected chi connectivity index (χ3v) is 4.31. The molecule has 1 aromatic heterocycles. The topological polar surface area (TPSA) is 82.7 Å². The van der Waals surface area contributed by atoms with E-state index in [9.17, 15) is 4.79 Å². The molecule has 7 heteroatoms. The fourth-order valence-electron chi connectivity index (χ4n) is 2.95. The quantitative estimate of drug-likeness (QED) is 0.683. The molecule has 0 spiro atoms. The lowest BCUT2D eigenvalue weighted by Crippen LogP contribution is -2.05. The highest BCUT2D eigenvalue weighted by Gasteiger charge is 2.22. The minimum Gasteiger partial charge on any atom is -0.496 e. The number of ether oxygens (including phenoxy) is 4. The molecule has 0 aliphatic heterocycles. The molecule has 0 aliphatic rings. The molecule has 1 heterocycles. The van der Waals surface area contributed by atoms with E-state index in [1.54, 1.807) is 19.2 Å². The second kappa shape index (κ2) is 6.95. The van der Waals surface area contributed by atoms with Crippen molar-refractivity contribution in [2.24, 2.45) is 0 Å². The van der Waals surface area contributed by atoms with E-state index in [-0.39, 0.29) is 5.78 Å². The van der Waals surface area contributed by atoms with Gasteiger partial charge >= 0.3 is 0 Å². The van der Waals surface area contributed by atoms with Gasteiger partial charge in [0.1, 0.15) is 11.4 Å². The van der Waals surface area contributed by atoms with Crippen molar-refractivity contribution in [2.75, 3.05) is 28.4 Å². The minimum atomic E-state index is -0.250. The van der Waals surface area contributed by atoms with Crippen molar-refractivity contribution in [1.29, 1.82) is 0 Å². The molecule has 0 saturated carbocycles. The standard InChI is InChI=1S/C19H20N2O5/c1-10-13(23-2)7-6-12-16(10)20-21-17(12)18(22)11-8-14(24-3)19(26-5)15(9-11)25-4/h6-9H,1-5H3,(H,20,21). The van der Waals surface area contributed by atoms with Gasteiger partial charge in [-0.15, -0.1) is 0 Å². The van der Waals surface area contributed by atoms with Crippen molar-refractivity contribution in [1.82, 2.24) is 10.2 Å². The SMILES string of the molecule is COc1cc(C(=O)c2n[nH]c3c(C)c(OC)ccc23)cc(OC)c1OC. The third-order valence-electron chi connectivity index (χ3n) is 4.31. The monoisotopic (exact) mass is 356 g/mol. The van der Waals surface area contributed by atoms with E-state index in [1.165, 1.54) is 21.3 Å². The van der Waals surface area contributed by atoms with E-state index in [1.807, 2.05) is 19.1 Å². The largest absolute Gasteiger partial charge is 0.496 e. The number of H-pyrrole nitrogens is 1. The zero-order valence-electron chi connectivity index (χ0n) is 15.3. The molecular weight excluding hydrogens is 336 g/mol. The Hall–Kier alpha value is -3.22. The Morgan fingerprint density at radius 1 is 0.923 bits per heavy atom. The van der Waals surface area contributed by atoms with E-state index in [4.69, 9.17) is 18.9 Å². The number of nitrogens with one attached hydrogen (secondary N) is 1. The van der Waals surface area contributed by atoms with Gasteiger partial charge in [0.25, 0.3) is 0 Å². The van der Waals surface area contributed by atoms with E-state index >= 15 is 0 Å². The molecule has 3 rings (SSSR count). The summed E-state index contributed by atoms with van der Waals surface area (Å²) in [5.41, 5.74) is 2.36. The number of rotatable bonds is 6. The van der Waals surface area contributed by atoms with Crippen LogP contribution in [0.2, 0.25) is 0 Å². The molecule has 0 aliphatic carbocycles. The highest BCUT2D eigenvalue weighted by atomic mass is 16.5. The fourth-order valence-corrected chi connectivity index (χ4v) is 2.95. The average Bonchev–Trinajstić information content (AvgIpc) is 3.11. The minimum absolute atomic E-state index is 0.250. The molecule has 26 heavy (non-hydrogen) atoms. The van der Waals surface area contributed by atoms with Crippen LogP contribution in [0.4, 0.5) is 0 Å². The number of aryl methyl sites for hydroxylation is 1. The Kier molecular flexibility index (Phi) is 4.71. The second-order valence-electron chi connectivity index (χ2n) is 5.63. The van der Waals surface area contributed by atoms with Crippen LogP contribution in [-0.2, 0) is 0 Å². The van der Waals surface area contributed by atoms with Gasteiger partial charge in [0.15, 0.2) is 11.5 Å². The summed E-state index contributed by atoms with van der Waals surface area (Å²) in [5.74, 6) is 1.73. The van der Waals surface area contributed by atoms with Crippen LogP contribution in [0, 0.1) is 6.92 Å². The van der Waals surface area contributed by atoms with E-state index in [0.717, 1.165) is 22.2 Å². The van der Waals surface area contributed by atoms with Crippen LogP contribution in [0.25, 0.3) is 10.9 Å². The van der Waals surface area contributed by atoms with Crippen molar-refractivity contribution in [3.05, 3.63) is 41.1 Å². The average molecular weight is 356 g/mol. The molecule has 0 bridgehead atoms. The Bertz CT molecular complexity index is 952. The summed E-state index contributed by atoms with van der Waals surface area (Å²) in [7, 11) is 6.13. The normalized spacial score (nSPS) is 10.7. The first-order valence-corrected chi connectivity index (χ1v) is 7.92. The number of carbonyl (C=O) groups is 1. The Morgan fingerprint density at radius 3 is 2.08 bits per heavy atom. The Balaban J connectivity index is 2.13. The first kappa shape index (κ1) is 17.6. The number of hydrogen-bond donors (Lipinski definition) is 1. The summed E-state index contributed by atoms with van der Waals surface area (Å²) in [6.45, 7) is 1.91. The van der Waals surface area contributed by atoms with Gasteiger partial charge in [-0.05, 0) is 31.2 Å². The van der Waals surface area contributed by atoms with Gasteiger partial charge in [-0.1, -0.05) is 0 Å². The number of ketones is 1. The maximum Gasteiger partial charge on any atom is 0.214 e. The number of carbonyl (C=O) groups excluding carboxylic acids is 1. The van der Waals surface area contributed by atoms with E-state index in [2.05, 4.69) is 10.2 Å². The van der Waals surface area contributed by atoms with E-state index < -0.39 is 0 Å². The predicted octanol–water partition coefficient (Wildman–Crippen LogP) is 3.14. The molecule has 1 N–H and O–H groups in total. The molecule has 3 aromatic rings. The van der Waals surface area contributed by atoms with Crippen LogP contribution in [0.15, 0.2) is 24.3 Å². The summed E-state index contributed by atoms with van der Waals surface area (Å²) in [4.78, 5) is 13.1. The van der Waals surface area contributed by atoms with Crippen LogP contribution < -0.4 is 18.9 Å². The predicted molar refractivity (Wildman–Crippen MR) is 96.9 cm³/mol. The van der Waals surface area contributed by atoms with Gasteiger partial charge in [0.05, 0.1) is 34.0 Å². The summed E-state index contributed by atoms with van der Waals surface area (Å²) >= 11 is 0. The molecule has 0 fully saturated rings. The maximum absolute atomic E-state index is 13.1. The highest BCUT2D eigenvalue weighted by Crippen LogP contribution is 2.39. The molecule has 136 valence electrons. The summed E-state index contributed by atoms with van der Waals surface area (Å²) in [6, 6.07) is 6.86. The van der Waals surface area contributed by atoms with Crippen LogP contribution in [0.5, 0.6) is 23.0 Å². The zero-order chi connectivity index (χ0) is 18.8. The lowest BCUT2D eigenvalue weighted by molar-refractivity contribution is 0.103. The van der Waals surface area contributed by atoms with Crippen molar-refractivity contribution in [3.8, 4) is 23.0 Å². The lowest BCUT2D eigenvalue weighted by atomic mass is 10.0. The van der Waals surface area contributed by atoms with Gasteiger partial charge in [0, 0.05) is 16.5 Å². The Labute approximate surface area is 150 Å².